The zero-order chi connectivity index (χ0) is 5.70. The summed E-state index contributed by atoms with van der Waals surface area (Å²) in [5.74, 6) is 0.754. The molecular weight excluding hydrogens is 110 g/mol. The summed E-state index contributed by atoms with van der Waals surface area (Å²) in [4.78, 5) is 10.1. The van der Waals surface area contributed by atoms with Crippen molar-refractivity contribution < 1.29 is 4.79 Å². The number of amides is 1. The average molecular weight is 119 g/mol. The summed E-state index contributed by atoms with van der Waals surface area (Å²) >= 11 is 1.60. The molecule has 0 rings (SSSR count). The van der Waals surface area contributed by atoms with E-state index >= 15 is 0 Å². The highest BCUT2D eigenvalue weighted by Gasteiger charge is 1.83. The Kier molecular flexibility index (Phi) is 3.89. The maximum absolute atomic E-state index is 10.1. The predicted molar refractivity (Wildman–Crippen MR) is 32.2 cm³/mol. The van der Waals surface area contributed by atoms with E-state index in [1.165, 1.54) is 6.92 Å². The Morgan fingerprint density at radius 1 is 1.86 bits per heavy atom. The van der Waals surface area contributed by atoms with Gasteiger partial charge in [0.25, 0.3) is 0 Å². The van der Waals surface area contributed by atoms with Crippen molar-refractivity contribution in [3.63, 3.8) is 0 Å². The topological polar surface area (TPSA) is 29.1 Å². The minimum Gasteiger partial charge on any atom is -0.347 e. The number of hydrogen-bond donors (Lipinski definition) is 1. The number of carbonyl (C=O) groups excluding carboxylic acids is 1. The van der Waals surface area contributed by atoms with Crippen LogP contribution in [0.4, 0.5) is 0 Å². The van der Waals surface area contributed by atoms with Gasteiger partial charge >= 0.3 is 0 Å². The molecule has 0 saturated heterocycles. The van der Waals surface area contributed by atoms with E-state index in [2.05, 4.69) is 5.32 Å². The van der Waals surface area contributed by atoms with E-state index in [4.69, 9.17) is 0 Å². The van der Waals surface area contributed by atoms with Crippen molar-refractivity contribution in [2.24, 2.45) is 0 Å². The molecule has 0 aliphatic heterocycles. The molecule has 0 aromatic heterocycles. The molecule has 42 valence electrons. The molecule has 3 heteroatoms. The van der Waals surface area contributed by atoms with Crippen LogP contribution >= 0.6 is 11.8 Å². The fraction of sp³-hybridized carbons (Fsp3) is 0.750. The Hall–Kier alpha value is -0.180. The second-order valence-electron chi connectivity index (χ2n) is 1.17. The number of thioether (sulfide) groups is 1. The van der Waals surface area contributed by atoms with Crippen LogP contribution in [0.15, 0.2) is 0 Å². The third-order valence-corrected chi connectivity index (χ3v) is 0.898. The van der Waals surface area contributed by atoms with Gasteiger partial charge in [-0.3, -0.25) is 4.79 Å². The standard InChI is InChI=1S/C4H9NOS/c1-4(6)5-3-7-2/h3H2,1-2H3,(H,5,6). The highest BCUT2D eigenvalue weighted by molar-refractivity contribution is 7.98. The lowest BCUT2D eigenvalue weighted by molar-refractivity contribution is -0.118. The predicted octanol–water partition coefficient (Wildman–Crippen LogP) is 0.443. The summed E-state index contributed by atoms with van der Waals surface area (Å²) in [7, 11) is 0. The molecular formula is C4H9NOS. The van der Waals surface area contributed by atoms with Crippen LogP contribution in [-0.4, -0.2) is 18.0 Å². The van der Waals surface area contributed by atoms with Gasteiger partial charge in [0.05, 0.1) is 5.88 Å². The van der Waals surface area contributed by atoms with Gasteiger partial charge in [-0.15, -0.1) is 11.8 Å². The average Bonchev–Trinajstić information content (AvgIpc) is 1.61. The Morgan fingerprint density at radius 3 is 2.57 bits per heavy atom. The zero-order valence-electron chi connectivity index (χ0n) is 4.52. The van der Waals surface area contributed by atoms with Crippen LogP contribution in [0, 0.1) is 0 Å². The Balaban J connectivity index is 2.82. The van der Waals surface area contributed by atoms with E-state index in [1.807, 2.05) is 6.26 Å². The fourth-order valence-corrected chi connectivity index (χ4v) is 0.521. The number of carbonyl (C=O) groups is 1. The molecule has 7 heavy (non-hydrogen) atoms. The molecule has 0 heterocycles. The molecule has 0 aromatic rings. The van der Waals surface area contributed by atoms with Gasteiger partial charge in [0.2, 0.25) is 5.91 Å². The second kappa shape index (κ2) is 3.99. The molecule has 0 aliphatic carbocycles. The van der Waals surface area contributed by atoms with Gasteiger partial charge in [-0.05, 0) is 6.26 Å². The number of hydrogen-bond acceptors (Lipinski definition) is 2. The molecule has 0 bridgehead atoms. The molecule has 0 aromatic carbocycles. The van der Waals surface area contributed by atoms with Gasteiger partial charge in [0, 0.05) is 6.92 Å². The van der Waals surface area contributed by atoms with Crippen molar-refractivity contribution in [3.05, 3.63) is 0 Å². The van der Waals surface area contributed by atoms with Crippen molar-refractivity contribution in [2.75, 3.05) is 12.1 Å². The minimum absolute atomic E-state index is 0.0364. The van der Waals surface area contributed by atoms with Crippen molar-refractivity contribution >= 4 is 17.7 Å². The van der Waals surface area contributed by atoms with Gasteiger partial charge in [-0.1, -0.05) is 0 Å². The first kappa shape index (κ1) is 6.82. The first-order valence-corrected chi connectivity index (χ1v) is 3.40. The summed E-state index contributed by atoms with van der Waals surface area (Å²) in [6.07, 6.45) is 1.94. The molecule has 0 atom stereocenters. The van der Waals surface area contributed by atoms with Crippen molar-refractivity contribution in [1.29, 1.82) is 0 Å². The Morgan fingerprint density at radius 2 is 2.43 bits per heavy atom. The number of rotatable bonds is 2. The molecule has 0 fully saturated rings. The van der Waals surface area contributed by atoms with Crippen molar-refractivity contribution in [3.8, 4) is 0 Å². The third kappa shape index (κ3) is 5.82. The van der Waals surface area contributed by atoms with E-state index in [0.717, 1.165) is 5.88 Å². The van der Waals surface area contributed by atoms with Crippen molar-refractivity contribution in [1.82, 2.24) is 5.32 Å². The lowest BCUT2D eigenvalue weighted by Gasteiger charge is -1.93. The summed E-state index contributed by atoms with van der Waals surface area (Å²) in [6, 6.07) is 0. The first-order chi connectivity index (χ1) is 3.27. The van der Waals surface area contributed by atoms with Gasteiger partial charge in [0.15, 0.2) is 0 Å². The monoisotopic (exact) mass is 119 g/mol. The fourth-order valence-electron chi connectivity index (χ4n) is 0.174. The lowest BCUT2D eigenvalue weighted by atomic mass is 10.7. The largest absolute Gasteiger partial charge is 0.347 e. The first-order valence-electron chi connectivity index (χ1n) is 2.00. The van der Waals surface area contributed by atoms with Crippen LogP contribution in [-0.2, 0) is 4.79 Å². The van der Waals surface area contributed by atoms with Gasteiger partial charge in [-0.2, -0.15) is 0 Å². The zero-order valence-corrected chi connectivity index (χ0v) is 5.34. The van der Waals surface area contributed by atoms with Crippen LogP contribution in [0.5, 0.6) is 0 Å². The Labute approximate surface area is 47.7 Å². The minimum atomic E-state index is 0.0364. The maximum atomic E-state index is 10.1. The molecule has 2 nitrogen and oxygen atoms in total. The smallest absolute Gasteiger partial charge is 0.217 e. The van der Waals surface area contributed by atoms with Crippen LogP contribution in [0.3, 0.4) is 0 Å². The van der Waals surface area contributed by atoms with Gasteiger partial charge in [0.1, 0.15) is 0 Å². The van der Waals surface area contributed by atoms with E-state index in [9.17, 15) is 4.79 Å². The highest BCUT2D eigenvalue weighted by atomic mass is 32.2. The summed E-state index contributed by atoms with van der Waals surface area (Å²) in [5.41, 5.74) is 0. The van der Waals surface area contributed by atoms with E-state index in [-0.39, 0.29) is 5.91 Å². The molecule has 1 amide bonds. The lowest BCUT2D eigenvalue weighted by Crippen LogP contribution is -2.18. The highest BCUT2D eigenvalue weighted by Crippen LogP contribution is 1.83. The molecule has 0 radical (unpaired) electrons. The summed E-state index contributed by atoms with van der Waals surface area (Å²) in [6.45, 7) is 1.51. The molecule has 0 unspecified atom stereocenters. The second-order valence-corrected chi connectivity index (χ2v) is 2.03. The Bertz CT molecular complexity index is 64.7. The summed E-state index contributed by atoms with van der Waals surface area (Å²) in [5, 5.41) is 2.62. The molecule has 1 N–H and O–H groups in total. The normalized spacial score (nSPS) is 8.29. The van der Waals surface area contributed by atoms with Crippen molar-refractivity contribution in [2.45, 2.75) is 6.92 Å². The third-order valence-electron chi connectivity index (χ3n) is 0.465. The number of nitrogens with one attached hydrogen (secondary N) is 1. The van der Waals surface area contributed by atoms with Gasteiger partial charge < -0.3 is 5.32 Å². The summed E-state index contributed by atoms with van der Waals surface area (Å²) < 4.78 is 0. The molecule has 0 saturated carbocycles. The van der Waals surface area contributed by atoms with E-state index in [0.29, 0.717) is 0 Å². The van der Waals surface area contributed by atoms with Crippen LogP contribution in [0.2, 0.25) is 0 Å². The van der Waals surface area contributed by atoms with Crippen LogP contribution < -0.4 is 5.32 Å². The maximum Gasteiger partial charge on any atom is 0.217 e. The van der Waals surface area contributed by atoms with Crippen LogP contribution in [0.1, 0.15) is 6.92 Å². The SMILES string of the molecule is CSCNC(C)=O. The quantitative estimate of drug-likeness (QED) is 0.534. The van der Waals surface area contributed by atoms with Gasteiger partial charge in [-0.25, -0.2) is 0 Å². The molecule has 0 spiro atoms. The van der Waals surface area contributed by atoms with E-state index < -0.39 is 0 Å². The van der Waals surface area contributed by atoms with E-state index in [1.54, 1.807) is 11.8 Å². The molecule has 0 aliphatic rings. The van der Waals surface area contributed by atoms with Crippen LogP contribution in [0.25, 0.3) is 0 Å².